The highest BCUT2D eigenvalue weighted by molar-refractivity contribution is 6.09. The van der Waals surface area contributed by atoms with Crippen LogP contribution < -0.4 is 0 Å². The molecule has 10 heavy (non-hydrogen) atoms. The molecule has 4 radical (unpaired) electrons. The van der Waals surface area contributed by atoms with Gasteiger partial charge in [-0.3, -0.25) is 0 Å². The lowest BCUT2D eigenvalue weighted by molar-refractivity contribution is 0.305. The topological polar surface area (TPSA) is 3.24 Å². The molecule has 0 bridgehead atoms. The van der Waals surface area contributed by atoms with Gasteiger partial charge in [0.1, 0.15) is 0 Å². The summed E-state index contributed by atoms with van der Waals surface area (Å²) in [6.45, 7) is 5.24. The van der Waals surface area contributed by atoms with E-state index in [1.807, 2.05) is 0 Å². The van der Waals surface area contributed by atoms with Gasteiger partial charge in [-0.15, -0.1) is 0 Å². The fourth-order valence-electron chi connectivity index (χ4n) is 1.02. The van der Waals surface area contributed by atoms with Gasteiger partial charge < -0.3 is 4.90 Å². The standard InChI is InChI=1S/C7H15B2N/c1-2-5-10(6-3-8)7-4-9/h2-7H2,1H3. The Balaban J connectivity index is 3.30. The summed E-state index contributed by atoms with van der Waals surface area (Å²) in [5.41, 5.74) is 0. The maximum atomic E-state index is 5.41. The molecule has 0 heterocycles. The van der Waals surface area contributed by atoms with Crippen LogP contribution >= 0.6 is 0 Å². The van der Waals surface area contributed by atoms with Crippen molar-refractivity contribution in [3.05, 3.63) is 0 Å². The molecule has 0 spiro atoms. The van der Waals surface area contributed by atoms with Crippen LogP contribution in [0.15, 0.2) is 0 Å². The maximum Gasteiger partial charge on any atom is 0.0670 e. The predicted octanol–water partition coefficient (Wildman–Crippen LogP) is 0.872. The lowest BCUT2D eigenvalue weighted by Crippen LogP contribution is -2.26. The van der Waals surface area contributed by atoms with Gasteiger partial charge in [0.05, 0.1) is 15.7 Å². The van der Waals surface area contributed by atoms with E-state index in [9.17, 15) is 0 Å². The molecule has 0 atom stereocenters. The molecule has 0 amide bonds. The lowest BCUT2D eigenvalue weighted by Gasteiger charge is -2.19. The minimum absolute atomic E-state index is 0.736. The fourth-order valence-corrected chi connectivity index (χ4v) is 1.02. The highest BCUT2D eigenvalue weighted by Gasteiger charge is 1.97. The molecule has 54 valence electrons. The zero-order chi connectivity index (χ0) is 7.82. The van der Waals surface area contributed by atoms with Gasteiger partial charge in [0, 0.05) is 0 Å². The third-order valence-corrected chi connectivity index (χ3v) is 1.43. The molecular formula is C7H15B2N. The molecule has 0 aromatic heterocycles. The predicted molar refractivity (Wildman–Crippen MR) is 47.9 cm³/mol. The fraction of sp³-hybridized carbons (Fsp3) is 1.00. The van der Waals surface area contributed by atoms with Crippen molar-refractivity contribution in [2.75, 3.05) is 19.6 Å². The van der Waals surface area contributed by atoms with Gasteiger partial charge in [0.25, 0.3) is 0 Å². The normalized spacial score (nSPS) is 10.6. The van der Waals surface area contributed by atoms with E-state index in [4.69, 9.17) is 15.7 Å². The van der Waals surface area contributed by atoms with Crippen LogP contribution in [0.5, 0.6) is 0 Å². The van der Waals surface area contributed by atoms with Crippen molar-refractivity contribution in [3.63, 3.8) is 0 Å². The second kappa shape index (κ2) is 7.20. The monoisotopic (exact) mass is 135 g/mol. The smallest absolute Gasteiger partial charge is 0.0670 e. The Hall–Kier alpha value is 0.0899. The number of hydrogen-bond acceptors (Lipinski definition) is 1. The van der Waals surface area contributed by atoms with Crippen molar-refractivity contribution in [3.8, 4) is 0 Å². The summed E-state index contributed by atoms with van der Waals surface area (Å²) in [4.78, 5) is 2.29. The van der Waals surface area contributed by atoms with Gasteiger partial charge in [-0.05, 0) is 26.1 Å². The van der Waals surface area contributed by atoms with Crippen molar-refractivity contribution in [2.24, 2.45) is 0 Å². The zero-order valence-electron chi connectivity index (χ0n) is 6.84. The van der Waals surface area contributed by atoms with Gasteiger partial charge in [-0.1, -0.05) is 19.6 Å². The van der Waals surface area contributed by atoms with Crippen molar-refractivity contribution in [2.45, 2.75) is 26.0 Å². The molecule has 0 saturated heterocycles. The summed E-state index contributed by atoms with van der Waals surface area (Å²) in [6.07, 6.45) is 2.65. The van der Waals surface area contributed by atoms with Gasteiger partial charge in [0.2, 0.25) is 0 Å². The first-order valence-electron chi connectivity index (χ1n) is 3.97. The molecule has 3 heteroatoms. The largest absolute Gasteiger partial charge is 0.305 e. The Morgan fingerprint density at radius 3 is 1.80 bits per heavy atom. The van der Waals surface area contributed by atoms with Crippen LogP contribution in [0.3, 0.4) is 0 Å². The first-order valence-corrected chi connectivity index (χ1v) is 3.97. The average molecular weight is 135 g/mol. The van der Waals surface area contributed by atoms with Crippen LogP contribution in [0.4, 0.5) is 0 Å². The first-order chi connectivity index (χ1) is 4.85. The molecule has 0 aliphatic carbocycles. The highest BCUT2D eigenvalue weighted by atomic mass is 15.1. The zero-order valence-corrected chi connectivity index (χ0v) is 6.84. The summed E-state index contributed by atoms with van der Waals surface area (Å²) < 4.78 is 0. The van der Waals surface area contributed by atoms with Crippen LogP contribution in [0.25, 0.3) is 0 Å². The van der Waals surface area contributed by atoms with Crippen LogP contribution in [0, 0.1) is 0 Å². The van der Waals surface area contributed by atoms with E-state index in [0.29, 0.717) is 0 Å². The lowest BCUT2D eigenvalue weighted by atomic mass is 10.0. The Kier molecular flexibility index (Phi) is 7.26. The van der Waals surface area contributed by atoms with E-state index in [1.165, 1.54) is 6.42 Å². The summed E-state index contributed by atoms with van der Waals surface area (Å²) in [5, 5.41) is 0. The molecule has 0 fully saturated rings. The summed E-state index contributed by atoms with van der Waals surface area (Å²) >= 11 is 0. The maximum absolute atomic E-state index is 5.41. The van der Waals surface area contributed by atoms with E-state index >= 15 is 0 Å². The average Bonchev–Trinajstić information content (AvgIpc) is 1.90. The van der Waals surface area contributed by atoms with Crippen LogP contribution in [-0.4, -0.2) is 40.2 Å². The van der Waals surface area contributed by atoms with E-state index < -0.39 is 0 Å². The summed E-state index contributed by atoms with van der Waals surface area (Å²) in [5.74, 6) is 0. The van der Waals surface area contributed by atoms with E-state index in [1.54, 1.807) is 0 Å². The SMILES string of the molecule is [B]CCN(CC[B])CCC. The van der Waals surface area contributed by atoms with E-state index in [2.05, 4.69) is 11.8 Å². The molecule has 0 N–H and O–H groups in total. The van der Waals surface area contributed by atoms with Crippen LogP contribution in [0.1, 0.15) is 13.3 Å². The van der Waals surface area contributed by atoms with Crippen molar-refractivity contribution < 1.29 is 0 Å². The second-order valence-corrected chi connectivity index (χ2v) is 2.42. The van der Waals surface area contributed by atoms with Crippen molar-refractivity contribution >= 4 is 15.7 Å². The molecule has 0 aliphatic heterocycles. The Morgan fingerprint density at radius 2 is 1.50 bits per heavy atom. The first kappa shape index (κ1) is 10.1. The van der Waals surface area contributed by atoms with Crippen molar-refractivity contribution in [1.82, 2.24) is 4.90 Å². The number of hydrogen-bond donors (Lipinski definition) is 0. The molecule has 0 unspecified atom stereocenters. The van der Waals surface area contributed by atoms with E-state index in [0.717, 1.165) is 32.3 Å². The number of rotatable bonds is 6. The summed E-state index contributed by atoms with van der Waals surface area (Å²) in [6, 6.07) is 0. The van der Waals surface area contributed by atoms with Crippen LogP contribution in [-0.2, 0) is 0 Å². The highest BCUT2D eigenvalue weighted by Crippen LogP contribution is 1.93. The minimum Gasteiger partial charge on any atom is -0.305 e. The molecule has 0 aromatic rings. The molecule has 0 aliphatic rings. The molecular weight excluding hydrogens is 120 g/mol. The summed E-state index contributed by atoms with van der Waals surface area (Å²) in [7, 11) is 10.8. The third-order valence-electron chi connectivity index (χ3n) is 1.43. The molecule has 1 nitrogen and oxygen atoms in total. The minimum atomic E-state index is 0.736. The van der Waals surface area contributed by atoms with Gasteiger partial charge in [0.15, 0.2) is 0 Å². The molecule has 0 saturated carbocycles. The second-order valence-electron chi connectivity index (χ2n) is 2.42. The third kappa shape index (κ3) is 4.92. The van der Waals surface area contributed by atoms with Gasteiger partial charge in [-0.2, -0.15) is 0 Å². The van der Waals surface area contributed by atoms with Gasteiger partial charge >= 0.3 is 0 Å². The Bertz CT molecular complexity index is 54.4. The molecule has 0 aromatic carbocycles. The van der Waals surface area contributed by atoms with Crippen LogP contribution in [0.2, 0.25) is 12.6 Å². The number of nitrogens with zero attached hydrogens (tertiary/aromatic N) is 1. The molecule has 0 rings (SSSR count). The Morgan fingerprint density at radius 1 is 1.00 bits per heavy atom. The van der Waals surface area contributed by atoms with Crippen molar-refractivity contribution in [1.29, 1.82) is 0 Å². The quantitative estimate of drug-likeness (QED) is 0.488. The Labute approximate surface area is 67.0 Å². The van der Waals surface area contributed by atoms with Gasteiger partial charge in [-0.25, -0.2) is 0 Å². The van der Waals surface area contributed by atoms with E-state index in [-0.39, 0.29) is 0 Å².